The van der Waals surface area contributed by atoms with Crippen LogP contribution < -0.4 is 10.6 Å². The minimum Gasteiger partial charge on any atom is -0.444 e. The number of nitrogens with zero attached hydrogens (tertiary/aromatic N) is 2. The average Bonchev–Trinajstić information content (AvgIpc) is 3.03. The summed E-state index contributed by atoms with van der Waals surface area (Å²) in [5, 5.41) is 6.96. The average molecular weight is 338 g/mol. The Bertz CT molecular complexity index is 431. The van der Waals surface area contributed by atoms with Gasteiger partial charge in [0.05, 0.1) is 0 Å². The van der Waals surface area contributed by atoms with Gasteiger partial charge in [0.1, 0.15) is 5.60 Å². The number of carbonyl (C=O) groups excluding carboxylic acids is 1. The first-order valence-corrected chi connectivity index (χ1v) is 9.32. The van der Waals surface area contributed by atoms with E-state index in [0.29, 0.717) is 12.0 Å². The molecule has 1 saturated heterocycles. The van der Waals surface area contributed by atoms with Crippen LogP contribution in [0, 0.1) is 5.92 Å². The summed E-state index contributed by atoms with van der Waals surface area (Å²) in [6, 6.07) is 0.574. The summed E-state index contributed by atoms with van der Waals surface area (Å²) < 4.78 is 5.44. The lowest BCUT2D eigenvalue weighted by Crippen LogP contribution is -2.46. The lowest BCUT2D eigenvalue weighted by Gasteiger charge is -2.33. The second-order valence-corrected chi connectivity index (χ2v) is 7.99. The smallest absolute Gasteiger partial charge is 0.410 e. The molecule has 6 nitrogen and oxygen atoms in total. The van der Waals surface area contributed by atoms with E-state index >= 15 is 0 Å². The molecule has 1 aliphatic heterocycles. The molecule has 1 heterocycles. The molecule has 0 aromatic heterocycles. The van der Waals surface area contributed by atoms with Gasteiger partial charge in [0.15, 0.2) is 5.96 Å². The Hall–Kier alpha value is -1.46. The van der Waals surface area contributed by atoms with E-state index in [9.17, 15) is 4.79 Å². The second kappa shape index (κ2) is 8.58. The van der Waals surface area contributed by atoms with Gasteiger partial charge in [0.25, 0.3) is 0 Å². The third-order valence-corrected chi connectivity index (χ3v) is 4.74. The number of aliphatic imine (C=N–C) groups is 1. The number of hydrogen-bond donors (Lipinski definition) is 2. The maximum absolute atomic E-state index is 12.1. The Morgan fingerprint density at radius 1 is 1.17 bits per heavy atom. The molecule has 0 spiro atoms. The molecule has 0 aromatic carbocycles. The quantitative estimate of drug-likeness (QED) is 0.613. The third kappa shape index (κ3) is 6.21. The topological polar surface area (TPSA) is 66.0 Å². The highest BCUT2D eigenvalue weighted by molar-refractivity contribution is 5.80. The molecule has 1 amide bonds. The van der Waals surface area contributed by atoms with Crippen LogP contribution >= 0.6 is 0 Å². The van der Waals surface area contributed by atoms with Crippen LogP contribution in [0.4, 0.5) is 4.79 Å². The molecule has 0 radical (unpaired) electrons. The van der Waals surface area contributed by atoms with E-state index in [1.807, 2.05) is 32.7 Å². The summed E-state index contributed by atoms with van der Waals surface area (Å²) in [6.45, 7) is 8.18. The van der Waals surface area contributed by atoms with Crippen LogP contribution in [0.2, 0.25) is 0 Å². The minimum absolute atomic E-state index is 0.187. The van der Waals surface area contributed by atoms with Crippen molar-refractivity contribution in [3.05, 3.63) is 0 Å². The van der Waals surface area contributed by atoms with Crippen molar-refractivity contribution in [3.8, 4) is 0 Å². The molecule has 1 saturated carbocycles. The van der Waals surface area contributed by atoms with Crippen molar-refractivity contribution in [1.29, 1.82) is 0 Å². The van der Waals surface area contributed by atoms with Crippen molar-refractivity contribution in [2.24, 2.45) is 10.9 Å². The summed E-state index contributed by atoms with van der Waals surface area (Å²) >= 11 is 0. The van der Waals surface area contributed by atoms with E-state index in [-0.39, 0.29) is 6.09 Å². The van der Waals surface area contributed by atoms with Crippen molar-refractivity contribution < 1.29 is 9.53 Å². The molecular formula is C18H34N4O2. The molecule has 0 unspecified atom stereocenters. The zero-order chi connectivity index (χ0) is 17.6. The summed E-state index contributed by atoms with van der Waals surface area (Å²) in [6.07, 6.45) is 6.95. The standard InChI is InChI=1S/C18H34N4O2/c1-18(2,3)24-17(23)22-11-9-14(10-12-22)13-20-16(19-4)21-15-7-5-6-8-15/h14-15H,5-13H2,1-4H3,(H2,19,20,21). The fourth-order valence-electron chi connectivity index (χ4n) is 3.35. The van der Waals surface area contributed by atoms with Crippen LogP contribution in [0.1, 0.15) is 59.3 Å². The van der Waals surface area contributed by atoms with Gasteiger partial charge in [-0.15, -0.1) is 0 Å². The molecule has 6 heteroatoms. The Kier molecular flexibility index (Phi) is 6.75. The lowest BCUT2D eigenvalue weighted by molar-refractivity contribution is 0.0185. The second-order valence-electron chi connectivity index (χ2n) is 7.99. The molecule has 0 atom stereocenters. The molecule has 0 aromatic rings. The van der Waals surface area contributed by atoms with Gasteiger partial charge in [-0.3, -0.25) is 4.99 Å². The largest absolute Gasteiger partial charge is 0.444 e. The van der Waals surface area contributed by atoms with E-state index in [1.165, 1.54) is 25.7 Å². The summed E-state index contributed by atoms with van der Waals surface area (Å²) in [7, 11) is 1.83. The lowest BCUT2D eigenvalue weighted by atomic mass is 9.97. The van der Waals surface area contributed by atoms with Gasteiger partial charge in [-0.25, -0.2) is 4.79 Å². The van der Waals surface area contributed by atoms with Crippen LogP contribution in [-0.4, -0.2) is 55.3 Å². The van der Waals surface area contributed by atoms with Gasteiger partial charge >= 0.3 is 6.09 Å². The Balaban J connectivity index is 1.67. The molecule has 24 heavy (non-hydrogen) atoms. The van der Waals surface area contributed by atoms with Crippen molar-refractivity contribution in [1.82, 2.24) is 15.5 Å². The Morgan fingerprint density at radius 3 is 2.33 bits per heavy atom. The minimum atomic E-state index is -0.423. The highest BCUT2D eigenvalue weighted by Gasteiger charge is 2.27. The van der Waals surface area contributed by atoms with Crippen LogP contribution in [0.5, 0.6) is 0 Å². The van der Waals surface area contributed by atoms with E-state index in [1.54, 1.807) is 0 Å². The van der Waals surface area contributed by atoms with Gasteiger partial charge in [-0.2, -0.15) is 0 Å². The van der Waals surface area contributed by atoms with E-state index in [2.05, 4.69) is 15.6 Å². The van der Waals surface area contributed by atoms with Gasteiger partial charge in [-0.1, -0.05) is 12.8 Å². The molecule has 2 N–H and O–H groups in total. The van der Waals surface area contributed by atoms with Crippen molar-refractivity contribution in [2.45, 2.75) is 70.9 Å². The van der Waals surface area contributed by atoms with Crippen molar-refractivity contribution in [2.75, 3.05) is 26.7 Å². The number of ether oxygens (including phenoxy) is 1. The fourth-order valence-corrected chi connectivity index (χ4v) is 3.35. The highest BCUT2D eigenvalue weighted by atomic mass is 16.6. The molecule has 0 bridgehead atoms. The van der Waals surface area contributed by atoms with Crippen LogP contribution in [0.15, 0.2) is 4.99 Å². The number of piperidine rings is 1. The Morgan fingerprint density at radius 2 is 1.79 bits per heavy atom. The predicted molar refractivity (Wildman–Crippen MR) is 97.3 cm³/mol. The molecule has 2 rings (SSSR count). The number of amides is 1. The zero-order valence-corrected chi connectivity index (χ0v) is 15.7. The number of rotatable bonds is 3. The van der Waals surface area contributed by atoms with Crippen LogP contribution in [0.3, 0.4) is 0 Å². The van der Waals surface area contributed by atoms with Gasteiger partial charge in [-0.05, 0) is 52.4 Å². The van der Waals surface area contributed by atoms with Crippen molar-refractivity contribution in [3.63, 3.8) is 0 Å². The number of guanidine groups is 1. The predicted octanol–water partition coefficient (Wildman–Crippen LogP) is 2.74. The first-order chi connectivity index (χ1) is 11.4. The number of carbonyl (C=O) groups is 1. The monoisotopic (exact) mass is 338 g/mol. The van der Waals surface area contributed by atoms with Gasteiger partial charge in [0.2, 0.25) is 0 Å². The molecule has 1 aliphatic carbocycles. The van der Waals surface area contributed by atoms with Crippen LogP contribution in [0.25, 0.3) is 0 Å². The molecule has 2 fully saturated rings. The number of nitrogens with one attached hydrogen (secondary N) is 2. The first kappa shape index (κ1) is 18.9. The first-order valence-electron chi connectivity index (χ1n) is 9.32. The maximum atomic E-state index is 12.1. The van der Waals surface area contributed by atoms with Gasteiger partial charge < -0.3 is 20.3 Å². The summed E-state index contributed by atoms with van der Waals surface area (Å²) in [5.74, 6) is 1.49. The molecule has 138 valence electrons. The van der Waals surface area contributed by atoms with E-state index < -0.39 is 5.60 Å². The molecular weight excluding hydrogens is 304 g/mol. The van der Waals surface area contributed by atoms with E-state index in [4.69, 9.17) is 4.74 Å². The number of hydrogen-bond acceptors (Lipinski definition) is 3. The number of likely N-dealkylation sites (tertiary alicyclic amines) is 1. The summed E-state index contributed by atoms with van der Waals surface area (Å²) in [5.41, 5.74) is -0.423. The highest BCUT2D eigenvalue weighted by Crippen LogP contribution is 2.20. The van der Waals surface area contributed by atoms with Crippen LogP contribution in [-0.2, 0) is 4.74 Å². The fraction of sp³-hybridized carbons (Fsp3) is 0.889. The van der Waals surface area contributed by atoms with Gasteiger partial charge in [0, 0.05) is 32.7 Å². The Labute approximate surface area is 146 Å². The third-order valence-electron chi connectivity index (χ3n) is 4.74. The normalized spacial score (nSPS) is 21.0. The summed E-state index contributed by atoms with van der Waals surface area (Å²) in [4.78, 5) is 18.2. The zero-order valence-electron chi connectivity index (χ0n) is 15.7. The maximum Gasteiger partial charge on any atom is 0.410 e. The SMILES string of the molecule is CN=C(NCC1CCN(C(=O)OC(C)(C)C)CC1)NC1CCCC1. The van der Waals surface area contributed by atoms with Crippen molar-refractivity contribution >= 4 is 12.1 Å². The van der Waals surface area contributed by atoms with E-state index in [0.717, 1.165) is 38.4 Å². The molecule has 2 aliphatic rings.